The molecule has 5 nitrogen and oxygen atoms in total. The van der Waals surface area contributed by atoms with Gasteiger partial charge in [0.25, 0.3) is 0 Å². The number of rotatable bonds is 5. The fourth-order valence-corrected chi connectivity index (χ4v) is 5.65. The zero-order chi connectivity index (χ0) is 25.3. The predicted molar refractivity (Wildman–Crippen MR) is 128 cm³/mol. The summed E-state index contributed by atoms with van der Waals surface area (Å²) < 4.78 is 44.3. The SMILES string of the molecule is COc1cccc(C23CCN(C)CC2(O)CCC(NC(=O)/C=C/c2cccc(C(F)(F)F)c2)C3)c1. The van der Waals surface area contributed by atoms with Crippen LogP contribution in [0.5, 0.6) is 5.75 Å². The molecule has 2 aliphatic rings. The van der Waals surface area contributed by atoms with Gasteiger partial charge in [0.05, 0.1) is 18.3 Å². The van der Waals surface area contributed by atoms with Crippen LogP contribution in [0.2, 0.25) is 0 Å². The monoisotopic (exact) mass is 488 g/mol. The normalized spacial score (nSPS) is 27.4. The second kappa shape index (κ2) is 9.66. The van der Waals surface area contributed by atoms with E-state index < -0.39 is 22.8 Å². The maximum atomic E-state index is 13.0. The number of alkyl halides is 3. The van der Waals surface area contributed by atoms with Gasteiger partial charge in [-0.1, -0.05) is 24.3 Å². The van der Waals surface area contributed by atoms with Crippen molar-refractivity contribution in [3.8, 4) is 5.75 Å². The average Bonchev–Trinajstić information content (AvgIpc) is 2.82. The lowest BCUT2D eigenvalue weighted by Gasteiger charge is -2.57. The first kappa shape index (κ1) is 25.3. The molecule has 35 heavy (non-hydrogen) atoms. The number of piperidine rings is 1. The van der Waals surface area contributed by atoms with E-state index in [0.29, 0.717) is 37.1 Å². The fraction of sp³-hybridized carbons (Fsp3) is 0.444. The smallest absolute Gasteiger partial charge is 0.416 e. The van der Waals surface area contributed by atoms with Crippen molar-refractivity contribution < 1.29 is 27.8 Å². The Balaban J connectivity index is 1.53. The van der Waals surface area contributed by atoms with Gasteiger partial charge < -0.3 is 20.1 Å². The van der Waals surface area contributed by atoms with Gasteiger partial charge >= 0.3 is 6.18 Å². The third-order valence-electron chi connectivity index (χ3n) is 7.45. The number of β-amino-alcohol motifs (C(OH)–C–C–N with tert-alkyl or cyclic N) is 1. The number of benzene rings is 2. The van der Waals surface area contributed by atoms with Gasteiger partial charge in [-0.3, -0.25) is 4.79 Å². The van der Waals surface area contributed by atoms with Crippen LogP contribution in [0.4, 0.5) is 13.2 Å². The molecule has 1 saturated heterocycles. The molecule has 1 aliphatic heterocycles. The van der Waals surface area contributed by atoms with Gasteiger partial charge in [-0.15, -0.1) is 0 Å². The Hall–Kier alpha value is -2.84. The zero-order valence-corrected chi connectivity index (χ0v) is 19.9. The molecule has 0 radical (unpaired) electrons. The van der Waals surface area contributed by atoms with Crippen molar-refractivity contribution in [2.24, 2.45) is 0 Å². The minimum absolute atomic E-state index is 0.177. The number of likely N-dealkylation sites (N-methyl/N-ethyl adjacent to an activating group) is 1. The highest BCUT2D eigenvalue weighted by atomic mass is 19.4. The summed E-state index contributed by atoms with van der Waals surface area (Å²) in [6.45, 7) is 1.36. The summed E-state index contributed by atoms with van der Waals surface area (Å²) in [5.74, 6) is 0.347. The Labute approximate surface area is 203 Å². The molecule has 0 spiro atoms. The number of amides is 1. The second-order valence-electron chi connectivity index (χ2n) is 9.74. The molecule has 1 aliphatic carbocycles. The lowest BCUT2D eigenvalue weighted by molar-refractivity contribution is -0.137. The van der Waals surface area contributed by atoms with Gasteiger partial charge in [-0.2, -0.15) is 13.2 Å². The van der Waals surface area contributed by atoms with Crippen LogP contribution in [0.1, 0.15) is 42.4 Å². The van der Waals surface area contributed by atoms with E-state index in [9.17, 15) is 23.1 Å². The van der Waals surface area contributed by atoms with Crippen molar-refractivity contribution in [2.45, 2.75) is 48.9 Å². The van der Waals surface area contributed by atoms with Gasteiger partial charge in [0.15, 0.2) is 0 Å². The average molecular weight is 489 g/mol. The topological polar surface area (TPSA) is 61.8 Å². The first-order chi connectivity index (χ1) is 16.5. The van der Waals surface area contributed by atoms with Crippen molar-refractivity contribution in [3.05, 3.63) is 71.3 Å². The first-order valence-corrected chi connectivity index (χ1v) is 11.8. The van der Waals surface area contributed by atoms with E-state index in [1.165, 1.54) is 24.3 Å². The summed E-state index contributed by atoms with van der Waals surface area (Å²) in [6, 6.07) is 12.4. The standard InChI is InChI=1S/C27H31F3N2O3/c1-32-14-13-25(20-6-4-8-23(16-20)35-2)17-22(11-12-26(25,34)18-32)31-24(33)10-9-19-5-3-7-21(15-19)27(28,29)30/h3-10,15-16,22,34H,11-14,17-18H2,1-2H3,(H,31,33)/b10-9+. The molecule has 1 amide bonds. The number of carbonyl (C=O) groups is 1. The number of hydrogen-bond acceptors (Lipinski definition) is 4. The van der Waals surface area contributed by atoms with E-state index in [4.69, 9.17) is 4.74 Å². The molecule has 0 aromatic heterocycles. The number of likely N-dealkylation sites (tertiary alicyclic amines) is 1. The summed E-state index contributed by atoms with van der Waals surface area (Å²) >= 11 is 0. The predicted octanol–water partition coefficient (Wildman–Crippen LogP) is 4.40. The summed E-state index contributed by atoms with van der Waals surface area (Å²) in [6.07, 6.45) is 0.650. The highest BCUT2D eigenvalue weighted by molar-refractivity contribution is 5.92. The van der Waals surface area contributed by atoms with Crippen LogP contribution < -0.4 is 10.1 Å². The van der Waals surface area contributed by atoms with Crippen LogP contribution in [0.3, 0.4) is 0 Å². The maximum absolute atomic E-state index is 13.0. The summed E-state index contributed by atoms with van der Waals surface area (Å²) in [5.41, 5.74) is -0.951. The van der Waals surface area contributed by atoms with Crippen LogP contribution in [-0.4, -0.2) is 54.8 Å². The highest BCUT2D eigenvalue weighted by Gasteiger charge is 2.57. The molecule has 188 valence electrons. The van der Waals surface area contributed by atoms with Gasteiger partial charge in [-0.05, 0) is 80.7 Å². The van der Waals surface area contributed by atoms with E-state index in [0.717, 1.165) is 30.7 Å². The molecular weight excluding hydrogens is 457 g/mol. The highest BCUT2D eigenvalue weighted by Crippen LogP contribution is 2.51. The number of nitrogens with zero attached hydrogens (tertiary/aromatic N) is 1. The van der Waals surface area contributed by atoms with E-state index in [1.807, 2.05) is 31.3 Å². The molecular formula is C27H31F3N2O3. The molecule has 3 unspecified atom stereocenters. The lowest BCUT2D eigenvalue weighted by atomic mass is 9.55. The van der Waals surface area contributed by atoms with E-state index in [1.54, 1.807) is 7.11 Å². The molecule has 4 rings (SSSR count). The molecule has 1 heterocycles. The van der Waals surface area contributed by atoms with Crippen molar-refractivity contribution in [2.75, 3.05) is 27.2 Å². The third-order valence-corrected chi connectivity index (χ3v) is 7.45. The Kier molecular flexibility index (Phi) is 6.97. The van der Waals surface area contributed by atoms with Crippen LogP contribution in [-0.2, 0) is 16.4 Å². The van der Waals surface area contributed by atoms with Gasteiger partial charge in [-0.25, -0.2) is 0 Å². The molecule has 1 saturated carbocycles. The van der Waals surface area contributed by atoms with Crippen LogP contribution in [0.15, 0.2) is 54.6 Å². The number of ether oxygens (including phenoxy) is 1. The van der Waals surface area contributed by atoms with Gasteiger partial charge in [0, 0.05) is 24.1 Å². The van der Waals surface area contributed by atoms with E-state index >= 15 is 0 Å². The molecule has 0 bridgehead atoms. The van der Waals surface area contributed by atoms with Crippen LogP contribution >= 0.6 is 0 Å². The van der Waals surface area contributed by atoms with Crippen molar-refractivity contribution in [1.29, 1.82) is 0 Å². The van der Waals surface area contributed by atoms with Crippen LogP contribution in [0, 0.1) is 0 Å². The number of fused-ring (bicyclic) bond motifs is 1. The maximum Gasteiger partial charge on any atom is 0.416 e. The third kappa shape index (κ3) is 5.23. The van der Waals surface area contributed by atoms with Crippen molar-refractivity contribution >= 4 is 12.0 Å². The molecule has 3 atom stereocenters. The molecule has 2 aromatic rings. The Bertz CT molecular complexity index is 1100. The number of methoxy groups -OCH3 is 1. The Morgan fingerprint density at radius 3 is 2.71 bits per heavy atom. The number of hydrogen-bond donors (Lipinski definition) is 2. The largest absolute Gasteiger partial charge is 0.497 e. The van der Waals surface area contributed by atoms with Gasteiger partial charge in [0.1, 0.15) is 5.75 Å². The molecule has 8 heteroatoms. The second-order valence-corrected chi connectivity index (χ2v) is 9.74. The van der Waals surface area contributed by atoms with Crippen molar-refractivity contribution in [1.82, 2.24) is 10.2 Å². The summed E-state index contributed by atoms with van der Waals surface area (Å²) in [4.78, 5) is 14.8. The van der Waals surface area contributed by atoms with E-state index in [2.05, 4.69) is 10.2 Å². The number of aliphatic hydroxyl groups is 1. The molecule has 2 aromatic carbocycles. The summed E-state index contributed by atoms with van der Waals surface area (Å²) in [5, 5.41) is 14.8. The van der Waals surface area contributed by atoms with Crippen molar-refractivity contribution in [3.63, 3.8) is 0 Å². The fourth-order valence-electron chi connectivity index (χ4n) is 5.65. The lowest BCUT2D eigenvalue weighted by Crippen LogP contribution is -2.66. The van der Waals surface area contributed by atoms with E-state index in [-0.39, 0.29) is 11.9 Å². The number of carbonyl (C=O) groups excluding carboxylic acids is 1. The van der Waals surface area contributed by atoms with Crippen LogP contribution in [0.25, 0.3) is 6.08 Å². The van der Waals surface area contributed by atoms with Gasteiger partial charge in [0.2, 0.25) is 5.91 Å². The zero-order valence-electron chi connectivity index (χ0n) is 19.9. The Morgan fingerprint density at radius 2 is 1.97 bits per heavy atom. The minimum atomic E-state index is -4.44. The molecule has 2 N–H and O–H groups in total. The minimum Gasteiger partial charge on any atom is -0.497 e. The summed E-state index contributed by atoms with van der Waals surface area (Å²) in [7, 11) is 3.61. The quantitative estimate of drug-likeness (QED) is 0.613. The Morgan fingerprint density at radius 1 is 1.20 bits per heavy atom. The number of halogens is 3. The molecule has 2 fully saturated rings. The first-order valence-electron chi connectivity index (χ1n) is 11.8. The number of nitrogens with one attached hydrogen (secondary N) is 1.